The van der Waals surface area contributed by atoms with Crippen molar-refractivity contribution in [3.8, 4) is 0 Å². The van der Waals surface area contributed by atoms with Crippen molar-refractivity contribution in [1.29, 1.82) is 0 Å². The summed E-state index contributed by atoms with van der Waals surface area (Å²) < 4.78 is 33.1. The van der Waals surface area contributed by atoms with Crippen LogP contribution in [0.1, 0.15) is 12.0 Å². The van der Waals surface area contributed by atoms with E-state index in [0.29, 0.717) is 13.0 Å². The van der Waals surface area contributed by atoms with E-state index < -0.39 is 22.3 Å². The molecule has 0 saturated carbocycles. The zero-order valence-corrected chi connectivity index (χ0v) is 13.9. The lowest BCUT2D eigenvalue weighted by atomic mass is 10.2. The summed E-state index contributed by atoms with van der Waals surface area (Å²) in [6, 6.07) is 9.67. The predicted molar refractivity (Wildman–Crippen MR) is 85.3 cm³/mol. The molecule has 2 rings (SSSR count). The van der Waals surface area contributed by atoms with Crippen LogP contribution in [-0.2, 0) is 26.2 Å². The summed E-state index contributed by atoms with van der Waals surface area (Å²) in [4.78, 5) is 10.8. The van der Waals surface area contributed by atoms with Crippen molar-refractivity contribution in [2.75, 3.05) is 33.3 Å². The van der Waals surface area contributed by atoms with Gasteiger partial charge in [-0.05, 0) is 12.0 Å². The Labute approximate surface area is 136 Å². The highest BCUT2D eigenvalue weighted by molar-refractivity contribution is 7.86. The van der Waals surface area contributed by atoms with Gasteiger partial charge in [-0.2, -0.15) is 17.0 Å². The molecule has 1 aliphatic rings. The number of hydrogen-bond donors (Lipinski definition) is 1. The molecular formula is C15H22N2O5S. The van der Waals surface area contributed by atoms with Crippen molar-refractivity contribution in [1.82, 2.24) is 8.61 Å². The second-order valence-electron chi connectivity index (χ2n) is 5.51. The standard InChI is InChI=1S/C15H22N2O5S/c1-16(8-7-13-5-3-2-4-6-13)23(20,21)17-9-10-22-14(12-17)11-15(18)19/h2-6,14H,7-12H2,1H3,(H,18,19). The molecule has 7 nitrogen and oxygen atoms in total. The lowest BCUT2D eigenvalue weighted by Crippen LogP contribution is -2.51. The van der Waals surface area contributed by atoms with Crippen LogP contribution < -0.4 is 0 Å². The zero-order chi connectivity index (χ0) is 16.9. The topological polar surface area (TPSA) is 87.2 Å². The van der Waals surface area contributed by atoms with Crippen LogP contribution in [-0.4, -0.2) is 67.5 Å². The number of hydrogen-bond acceptors (Lipinski definition) is 4. The number of carbonyl (C=O) groups is 1. The molecule has 0 aromatic heterocycles. The van der Waals surface area contributed by atoms with Crippen LogP contribution in [0.5, 0.6) is 0 Å². The monoisotopic (exact) mass is 342 g/mol. The molecular weight excluding hydrogens is 320 g/mol. The molecule has 0 amide bonds. The van der Waals surface area contributed by atoms with Gasteiger partial charge in [0.25, 0.3) is 10.2 Å². The van der Waals surface area contributed by atoms with Crippen LogP contribution in [0, 0.1) is 0 Å². The fourth-order valence-electron chi connectivity index (χ4n) is 2.46. The Balaban J connectivity index is 1.95. The number of likely N-dealkylation sites (N-methyl/N-ethyl adjacent to an activating group) is 1. The maximum Gasteiger partial charge on any atom is 0.306 e. The second kappa shape index (κ2) is 7.87. The molecule has 1 heterocycles. The summed E-state index contributed by atoms with van der Waals surface area (Å²) in [6.07, 6.45) is -0.169. The highest BCUT2D eigenvalue weighted by Gasteiger charge is 2.33. The van der Waals surface area contributed by atoms with E-state index >= 15 is 0 Å². The van der Waals surface area contributed by atoms with Gasteiger partial charge >= 0.3 is 5.97 Å². The number of morpholine rings is 1. The summed E-state index contributed by atoms with van der Waals surface area (Å²) in [5.74, 6) is -0.994. The van der Waals surface area contributed by atoms with Gasteiger partial charge in [0.1, 0.15) is 0 Å². The Morgan fingerprint density at radius 2 is 2.09 bits per heavy atom. The van der Waals surface area contributed by atoms with Crippen LogP contribution in [0.15, 0.2) is 30.3 Å². The number of aliphatic carboxylic acids is 1. The molecule has 0 radical (unpaired) electrons. The Bertz CT molecular complexity index is 620. The number of nitrogens with zero attached hydrogens (tertiary/aromatic N) is 2. The molecule has 1 saturated heterocycles. The average molecular weight is 342 g/mol. The fourth-order valence-corrected chi connectivity index (χ4v) is 3.84. The first-order valence-corrected chi connectivity index (χ1v) is 8.88. The fraction of sp³-hybridized carbons (Fsp3) is 0.533. The number of carboxylic acids is 1. The van der Waals surface area contributed by atoms with Gasteiger partial charge in [0.2, 0.25) is 0 Å². The predicted octanol–water partition coefficient (Wildman–Crippen LogP) is 0.581. The van der Waals surface area contributed by atoms with Crippen molar-refractivity contribution >= 4 is 16.2 Å². The highest BCUT2D eigenvalue weighted by atomic mass is 32.2. The summed E-state index contributed by atoms with van der Waals surface area (Å²) in [5.41, 5.74) is 1.07. The molecule has 23 heavy (non-hydrogen) atoms. The van der Waals surface area contributed by atoms with Gasteiger partial charge < -0.3 is 9.84 Å². The van der Waals surface area contributed by atoms with E-state index in [9.17, 15) is 13.2 Å². The van der Waals surface area contributed by atoms with E-state index in [4.69, 9.17) is 9.84 Å². The van der Waals surface area contributed by atoms with Gasteiger partial charge in [-0.1, -0.05) is 30.3 Å². The first kappa shape index (κ1) is 17.9. The molecule has 1 unspecified atom stereocenters. The van der Waals surface area contributed by atoms with Crippen LogP contribution >= 0.6 is 0 Å². The maximum atomic E-state index is 12.6. The molecule has 1 aromatic rings. The van der Waals surface area contributed by atoms with Crippen LogP contribution in [0.3, 0.4) is 0 Å². The summed E-state index contributed by atoms with van der Waals surface area (Å²) in [5, 5.41) is 8.82. The normalized spacial score (nSPS) is 19.8. The zero-order valence-electron chi connectivity index (χ0n) is 13.1. The molecule has 128 valence electrons. The molecule has 1 atom stereocenters. The van der Waals surface area contributed by atoms with E-state index in [1.54, 1.807) is 7.05 Å². The minimum Gasteiger partial charge on any atom is -0.481 e. The van der Waals surface area contributed by atoms with Crippen LogP contribution in [0.2, 0.25) is 0 Å². The molecule has 1 aliphatic heterocycles. The van der Waals surface area contributed by atoms with Crippen molar-refractivity contribution in [3.05, 3.63) is 35.9 Å². The van der Waals surface area contributed by atoms with Crippen LogP contribution in [0.25, 0.3) is 0 Å². The van der Waals surface area contributed by atoms with E-state index in [0.717, 1.165) is 5.56 Å². The minimum absolute atomic E-state index is 0.0737. The third-order valence-corrected chi connectivity index (χ3v) is 5.74. The van der Waals surface area contributed by atoms with Gasteiger partial charge in [0.05, 0.1) is 19.1 Å². The van der Waals surface area contributed by atoms with Gasteiger partial charge in [-0.15, -0.1) is 0 Å². The first-order chi connectivity index (χ1) is 10.9. The molecule has 1 N–H and O–H groups in total. The van der Waals surface area contributed by atoms with Gasteiger partial charge in [-0.25, -0.2) is 0 Å². The van der Waals surface area contributed by atoms with Crippen molar-refractivity contribution in [2.45, 2.75) is 18.9 Å². The third-order valence-electron chi connectivity index (χ3n) is 3.78. The van der Waals surface area contributed by atoms with Crippen molar-refractivity contribution in [3.63, 3.8) is 0 Å². The number of rotatable bonds is 7. The van der Waals surface area contributed by atoms with E-state index in [1.165, 1.54) is 8.61 Å². The Morgan fingerprint density at radius 3 is 2.74 bits per heavy atom. The molecule has 1 aromatic carbocycles. The molecule has 0 spiro atoms. The summed E-state index contributed by atoms with van der Waals surface area (Å²) in [7, 11) is -2.07. The summed E-state index contributed by atoms with van der Waals surface area (Å²) >= 11 is 0. The number of benzene rings is 1. The van der Waals surface area contributed by atoms with Gasteiger partial charge in [0, 0.05) is 26.7 Å². The van der Waals surface area contributed by atoms with Crippen molar-refractivity contribution in [2.24, 2.45) is 0 Å². The average Bonchev–Trinajstić information content (AvgIpc) is 2.53. The van der Waals surface area contributed by atoms with E-state index in [-0.39, 0.29) is 26.1 Å². The van der Waals surface area contributed by atoms with Crippen LogP contribution in [0.4, 0.5) is 0 Å². The largest absolute Gasteiger partial charge is 0.481 e. The minimum atomic E-state index is -3.61. The SMILES string of the molecule is CN(CCc1ccccc1)S(=O)(=O)N1CCOC(CC(=O)O)C1. The smallest absolute Gasteiger partial charge is 0.306 e. The van der Waals surface area contributed by atoms with Gasteiger partial charge in [0.15, 0.2) is 0 Å². The number of ether oxygens (including phenoxy) is 1. The number of carboxylic acid groups (broad SMARTS) is 1. The molecule has 8 heteroatoms. The molecule has 0 bridgehead atoms. The van der Waals surface area contributed by atoms with E-state index in [1.807, 2.05) is 30.3 Å². The quantitative estimate of drug-likeness (QED) is 0.783. The third kappa shape index (κ3) is 5.00. The lowest BCUT2D eigenvalue weighted by molar-refractivity contribution is -0.141. The Kier molecular flexibility index (Phi) is 6.11. The lowest BCUT2D eigenvalue weighted by Gasteiger charge is -2.34. The van der Waals surface area contributed by atoms with E-state index in [2.05, 4.69) is 0 Å². The summed E-state index contributed by atoms with van der Waals surface area (Å²) in [6.45, 7) is 0.898. The maximum absolute atomic E-state index is 12.6. The second-order valence-corrected chi connectivity index (χ2v) is 7.55. The molecule has 1 fully saturated rings. The highest BCUT2D eigenvalue weighted by Crippen LogP contribution is 2.15. The Morgan fingerprint density at radius 1 is 1.39 bits per heavy atom. The molecule has 0 aliphatic carbocycles. The van der Waals surface area contributed by atoms with Gasteiger partial charge in [-0.3, -0.25) is 4.79 Å². The van der Waals surface area contributed by atoms with Crippen molar-refractivity contribution < 1.29 is 23.1 Å². The Hall–Kier alpha value is -1.48. The first-order valence-electron chi connectivity index (χ1n) is 7.48.